The molecule has 1 fully saturated rings. The van der Waals surface area contributed by atoms with E-state index in [1.807, 2.05) is 10.2 Å². The summed E-state index contributed by atoms with van der Waals surface area (Å²) in [6.07, 6.45) is -0.475. The van der Waals surface area contributed by atoms with Crippen molar-refractivity contribution in [2.45, 2.75) is 43.8 Å². The van der Waals surface area contributed by atoms with Gasteiger partial charge in [0.05, 0.1) is 24.5 Å². The molecule has 1 saturated heterocycles. The lowest BCUT2D eigenvalue weighted by Crippen LogP contribution is -2.57. The van der Waals surface area contributed by atoms with Crippen LogP contribution in [0.1, 0.15) is 13.3 Å². The summed E-state index contributed by atoms with van der Waals surface area (Å²) in [4.78, 5) is 33.4. The van der Waals surface area contributed by atoms with E-state index in [9.17, 15) is 27.9 Å². The molecular formula is C22H27F3N6O5. The number of pyridine rings is 1. The van der Waals surface area contributed by atoms with Crippen molar-refractivity contribution in [3.8, 4) is 5.75 Å². The van der Waals surface area contributed by atoms with Crippen LogP contribution in [0, 0.1) is 0 Å². The topological polar surface area (TPSA) is 139 Å². The Balaban J connectivity index is 1.45. The molecule has 1 unspecified atom stereocenters. The van der Waals surface area contributed by atoms with E-state index in [1.165, 1.54) is 29.3 Å². The highest BCUT2D eigenvalue weighted by Crippen LogP contribution is 2.33. The number of aliphatic hydroxyl groups excluding tert-OH is 2. The minimum atomic E-state index is -4.58. The highest BCUT2D eigenvalue weighted by molar-refractivity contribution is 5.91. The largest absolute Gasteiger partial charge is 0.489 e. The number of aliphatic hydroxyl groups is 2. The van der Waals surface area contributed by atoms with Crippen LogP contribution in [0.5, 0.6) is 5.75 Å². The van der Waals surface area contributed by atoms with Crippen molar-refractivity contribution in [1.82, 2.24) is 25.4 Å². The second kappa shape index (κ2) is 10.2. The van der Waals surface area contributed by atoms with Crippen LogP contribution in [-0.4, -0.2) is 93.6 Å². The lowest BCUT2D eigenvalue weighted by molar-refractivity contribution is -0.158. The number of carbonyl (C=O) groups is 2. The zero-order chi connectivity index (χ0) is 26.0. The highest BCUT2D eigenvalue weighted by Gasteiger charge is 2.43. The number of halogens is 3. The number of alkyl halides is 3. The van der Waals surface area contributed by atoms with Gasteiger partial charge in [-0.05, 0) is 31.6 Å². The number of hydrogen-bond donors (Lipinski definition) is 5. The van der Waals surface area contributed by atoms with Gasteiger partial charge in [0.2, 0.25) is 5.91 Å². The van der Waals surface area contributed by atoms with Gasteiger partial charge < -0.3 is 30.5 Å². The minimum absolute atomic E-state index is 0.123. The number of rotatable bonds is 7. The Morgan fingerprint density at radius 2 is 2.14 bits per heavy atom. The predicted molar refractivity (Wildman–Crippen MR) is 120 cm³/mol. The second-order valence-corrected chi connectivity index (χ2v) is 8.70. The molecule has 0 saturated carbocycles. The quantitative estimate of drug-likeness (QED) is 0.356. The average Bonchev–Trinajstić information content (AvgIpc) is 3.26. The van der Waals surface area contributed by atoms with Crippen molar-refractivity contribution in [2.24, 2.45) is 0 Å². The van der Waals surface area contributed by atoms with Gasteiger partial charge >= 0.3 is 12.2 Å². The Bertz CT molecular complexity index is 1050. The van der Waals surface area contributed by atoms with Gasteiger partial charge in [0.15, 0.2) is 0 Å². The van der Waals surface area contributed by atoms with Crippen molar-refractivity contribution >= 4 is 17.8 Å². The van der Waals surface area contributed by atoms with Crippen molar-refractivity contribution in [3.63, 3.8) is 0 Å². The summed E-state index contributed by atoms with van der Waals surface area (Å²) < 4.78 is 44.0. The molecule has 4 heterocycles. The van der Waals surface area contributed by atoms with Crippen LogP contribution in [-0.2, 0) is 4.79 Å². The van der Waals surface area contributed by atoms with E-state index in [2.05, 4.69) is 15.6 Å². The number of allylic oxidation sites excluding steroid dienone is 1. The van der Waals surface area contributed by atoms with Crippen LogP contribution >= 0.6 is 0 Å². The van der Waals surface area contributed by atoms with Crippen molar-refractivity contribution in [1.29, 1.82) is 0 Å². The Kier molecular flexibility index (Phi) is 7.26. The van der Waals surface area contributed by atoms with Crippen LogP contribution in [0.3, 0.4) is 0 Å². The van der Waals surface area contributed by atoms with Gasteiger partial charge in [0, 0.05) is 13.1 Å². The van der Waals surface area contributed by atoms with Gasteiger partial charge in [-0.25, -0.2) is 9.78 Å². The fourth-order valence-corrected chi connectivity index (χ4v) is 4.10. The number of nitrogens with one attached hydrogen (secondary N) is 3. The number of nitrogens with zero attached hydrogens (tertiary/aromatic N) is 3. The molecule has 0 spiro atoms. The number of hydrogen-bond acceptors (Lipinski definition) is 8. The van der Waals surface area contributed by atoms with E-state index >= 15 is 0 Å². The number of fused-ring (bicyclic) bond motifs is 3. The van der Waals surface area contributed by atoms with Gasteiger partial charge in [0.25, 0.3) is 0 Å². The highest BCUT2D eigenvalue weighted by atomic mass is 19.4. The number of amides is 3. The molecule has 5 N–H and O–H groups in total. The summed E-state index contributed by atoms with van der Waals surface area (Å²) in [5.41, 5.74) is 0.672. The monoisotopic (exact) mass is 512 g/mol. The van der Waals surface area contributed by atoms with Crippen molar-refractivity contribution in [3.05, 3.63) is 42.0 Å². The maximum atomic E-state index is 13.3. The maximum absolute atomic E-state index is 13.3. The molecule has 2 bridgehead atoms. The first-order valence-corrected chi connectivity index (χ1v) is 11.4. The first-order chi connectivity index (χ1) is 17.1. The third-order valence-electron chi connectivity index (χ3n) is 6.07. The van der Waals surface area contributed by atoms with Gasteiger partial charge in [-0.1, -0.05) is 6.08 Å². The average molecular weight is 512 g/mol. The van der Waals surface area contributed by atoms with Gasteiger partial charge in [0.1, 0.15) is 42.2 Å². The summed E-state index contributed by atoms with van der Waals surface area (Å²) in [6, 6.07) is -0.798. The molecule has 3 aliphatic rings. The Labute approximate surface area is 204 Å². The number of dihydropyridines is 1. The zero-order valence-corrected chi connectivity index (χ0v) is 19.3. The van der Waals surface area contributed by atoms with Crippen LogP contribution in [0.15, 0.2) is 42.0 Å². The number of anilines is 1. The summed E-state index contributed by atoms with van der Waals surface area (Å²) in [6.45, 7) is 1.56. The van der Waals surface area contributed by atoms with E-state index in [0.29, 0.717) is 36.8 Å². The molecule has 0 radical (unpaired) electrons. The summed E-state index contributed by atoms with van der Waals surface area (Å²) in [5.74, 6) is 0.0224. The summed E-state index contributed by atoms with van der Waals surface area (Å²) >= 11 is 0. The van der Waals surface area contributed by atoms with Crippen LogP contribution in [0.25, 0.3) is 0 Å². The molecule has 0 aromatic carbocycles. The zero-order valence-electron chi connectivity index (χ0n) is 19.3. The molecule has 3 amide bonds. The molecule has 1 aromatic rings. The normalized spacial score (nSPS) is 22.5. The number of ether oxygens (including phenoxy) is 1. The number of urea groups is 1. The van der Waals surface area contributed by atoms with Crippen LogP contribution in [0.4, 0.5) is 23.8 Å². The third-order valence-corrected chi connectivity index (χ3v) is 6.07. The van der Waals surface area contributed by atoms with E-state index in [0.717, 1.165) is 6.92 Å². The Morgan fingerprint density at radius 3 is 2.81 bits per heavy atom. The van der Waals surface area contributed by atoms with E-state index in [-0.39, 0.29) is 18.5 Å². The van der Waals surface area contributed by atoms with Gasteiger partial charge in [-0.3, -0.25) is 15.0 Å². The van der Waals surface area contributed by atoms with Gasteiger partial charge in [-0.15, -0.1) is 0 Å². The SMILES string of the molecule is C[C@@H](NC(=O)C1C=CC2=C(N1)N(C(=O)Nc1ccc(OC[C@H](O)CO)cn1)[C@H]1CCN2C1)C(F)(F)F. The summed E-state index contributed by atoms with van der Waals surface area (Å²) in [7, 11) is 0. The maximum Gasteiger partial charge on any atom is 0.408 e. The molecule has 0 aliphatic carbocycles. The van der Waals surface area contributed by atoms with Crippen molar-refractivity contribution < 1.29 is 37.7 Å². The molecule has 4 rings (SSSR count). The first-order valence-electron chi connectivity index (χ1n) is 11.4. The minimum Gasteiger partial charge on any atom is -0.489 e. The molecule has 3 aliphatic heterocycles. The fourth-order valence-electron chi connectivity index (χ4n) is 4.10. The summed E-state index contributed by atoms with van der Waals surface area (Å²) in [5, 5.41) is 25.8. The molecular weight excluding hydrogens is 485 g/mol. The van der Waals surface area contributed by atoms with Crippen molar-refractivity contribution in [2.75, 3.05) is 31.6 Å². The third kappa shape index (κ3) is 5.49. The Morgan fingerprint density at radius 1 is 1.36 bits per heavy atom. The standard InChI is InChI=1S/C22H27F3N6O5/c1-12(22(23,24)25)27-20(34)16-3-4-17-19(28-16)31(13-6-7-30(17)9-13)21(35)29-18-5-2-15(8-26-18)36-11-14(33)10-32/h2-5,8,12-14,16,28,32-33H,6-7,9-11H2,1H3,(H,27,34)(H,26,29,35)/t12-,13+,14-,16?/m1/s1. The Hall–Kier alpha value is -3.52. The second-order valence-electron chi connectivity index (χ2n) is 8.70. The molecule has 14 heteroatoms. The predicted octanol–water partition coefficient (Wildman–Crippen LogP) is 0.499. The number of carbonyl (C=O) groups excluding carboxylic acids is 2. The smallest absolute Gasteiger partial charge is 0.408 e. The van der Waals surface area contributed by atoms with Crippen LogP contribution in [0.2, 0.25) is 0 Å². The molecule has 1 aromatic heterocycles. The molecule has 4 atom stereocenters. The lowest BCUT2D eigenvalue weighted by Gasteiger charge is -2.41. The number of aromatic nitrogens is 1. The molecule has 196 valence electrons. The molecule has 36 heavy (non-hydrogen) atoms. The van der Waals surface area contributed by atoms with Gasteiger partial charge in [-0.2, -0.15) is 13.2 Å². The molecule has 11 nitrogen and oxygen atoms in total. The first kappa shape index (κ1) is 25.6. The van der Waals surface area contributed by atoms with E-state index < -0.39 is 42.9 Å². The van der Waals surface area contributed by atoms with E-state index in [1.54, 1.807) is 6.08 Å². The van der Waals surface area contributed by atoms with E-state index in [4.69, 9.17) is 9.84 Å². The lowest BCUT2D eigenvalue weighted by atomic mass is 10.1. The fraction of sp³-hybridized carbons (Fsp3) is 0.500. The van der Waals surface area contributed by atoms with Crippen LogP contribution < -0.4 is 20.7 Å².